The summed E-state index contributed by atoms with van der Waals surface area (Å²) in [5, 5.41) is 0. The molecular weight excluding hydrogens is 224 g/mol. The van der Waals surface area contributed by atoms with Crippen molar-refractivity contribution in [1.82, 2.24) is 4.90 Å². The van der Waals surface area contributed by atoms with Crippen molar-refractivity contribution in [3.8, 4) is 5.75 Å². The van der Waals surface area contributed by atoms with Gasteiger partial charge in [0.05, 0.1) is 0 Å². The third-order valence-corrected chi connectivity index (χ3v) is 4.21. The molecule has 1 unspecified atom stereocenters. The first-order valence-electron chi connectivity index (χ1n) is 6.82. The lowest BCUT2D eigenvalue weighted by atomic mass is 9.82. The van der Waals surface area contributed by atoms with Crippen molar-refractivity contribution in [2.75, 3.05) is 20.1 Å². The van der Waals surface area contributed by atoms with Crippen molar-refractivity contribution < 1.29 is 4.74 Å². The molecule has 2 aliphatic rings. The van der Waals surface area contributed by atoms with E-state index in [9.17, 15) is 0 Å². The third kappa shape index (κ3) is 2.02. The molecule has 0 aliphatic carbocycles. The van der Waals surface area contributed by atoms with Crippen LogP contribution in [0.3, 0.4) is 0 Å². The van der Waals surface area contributed by atoms with Gasteiger partial charge in [-0.25, -0.2) is 0 Å². The number of nitrogens with two attached hydrogens (primary N) is 1. The van der Waals surface area contributed by atoms with E-state index in [0.29, 0.717) is 0 Å². The number of nitrogens with zero attached hydrogens (tertiary/aromatic N) is 1. The fourth-order valence-corrected chi connectivity index (χ4v) is 3.41. The van der Waals surface area contributed by atoms with E-state index in [1.54, 1.807) is 0 Å². The first-order valence-corrected chi connectivity index (χ1v) is 6.82. The van der Waals surface area contributed by atoms with Gasteiger partial charge in [-0.1, -0.05) is 17.7 Å². The van der Waals surface area contributed by atoms with Crippen molar-refractivity contribution >= 4 is 0 Å². The zero-order chi connectivity index (χ0) is 12.8. The topological polar surface area (TPSA) is 38.5 Å². The zero-order valence-corrected chi connectivity index (χ0v) is 11.3. The van der Waals surface area contributed by atoms with Crippen molar-refractivity contribution in [1.29, 1.82) is 0 Å². The molecule has 1 aromatic carbocycles. The second-order valence-electron chi connectivity index (χ2n) is 5.98. The van der Waals surface area contributed by atoms with Crippen molar-refractivity contribution in [2.45, 2.75) is 37.8 Å². The predicted molar refractivity (Wildman–Crippen MR) is 72.8 cm³/mol. The second kappa shape index (κ2) is 4.25. The summed E-state index contributed by atoms with van der Waals surface area (Å²) in [7, 11) is 2.17. The van der Waals surface area contributed by atoms with Gasteiger partial charge in [0.2, 0.25) is 0 Å². The van der Waals surface area contributed by atoms with Crippen molar-refractivity contribution in [3.05, 3.63) is 29.3 Å². The maximum absolute atomic E-state index is 6.37. The Morgan fingerprint density at radius 1 is 1.44 bits per heavy atom. The molecule has 1 aromatic rings. The number of rotatable bonds is 0. The molecule has 0 aromatic heterocycles. The molecule has 0 radical (unpaired) electrons. The largest absolute Gasteiger partial charge is 0.486 e. The number of likely N-dealkylation sites (N-methyl/N-ethyl adjacent to an activating group) is 1. The van der Waals surface area contributed by atoms with Crippen LogP contribution in [0.4, 0.5) is 0 Å². The van der Waals surface area contributed by atoms with Crippen LogP contribution in [0.2, 0.25) is 0 Å². The lowest BCUT2D eigenvalue weighted by molar-refractivity contribution is -0.0234. The lowest BCUT2D eigenvalue weighted by Crippen LogP contribution is -2.53. The molecule has 2 atom stereocenters. The minimum absolute atomic E-state index is 0.0608. The molecule has 3 nitrogen and oxygen atoms in total. The number of fused-ring (bicyclic) bond motifs is 1. The fraction of sp³-hybridized carbons (Fsp3) is 0.600. The van der Waals surface area contributed by atoms with Gasteiger partial charge in [0.25, 0.3) is 0 Å². The van der Waals surface area contributed by atoms with Crippen LogP contribution in [0, 0.1) is 6.92 Å². The van der Waals surface area contributed by atoms with Crippen LogP contribution in [-0.2, 0) is 0 Å². The molecule has 1 spiro atoms. The normalized spacial score (nSPS) is 32.1. The van der Waals surface area contributed by atoms with E-state index in [1.165, 1.54) is 24.1 Å². The molecule has 1 saturated heterocycles. The van der Waals surface area contributed by atoms with Gasteiger partial charge in [-0.15, -0.1) is 0 Å². The first kappa shape index (κ1) is 12.0. The highest BCUT2D eigenvalue weighted by Crippen LogP contribution is 2.42. The van der Waals surface area contributed by atoms with Gasteiger partial charge in [-0.3, -0.25) is 0 Å². The highest BCUT2D eigenvalue weighted by molar-refractivity contribution is 5.41. The minimum atomic E-state index is -0.0608. The number of hydrogen-bond donors (Lipinski definition) is 1. The average Bonchev–Trinajstić information content (AvgIpc) is 2.30. The number of benzene rings is 1. The van der Waals surface area contributed by atoms with Crippen molar-refractivity contribution in [3.63, 3.8) is 0 Å². The van der Waals surface area contributed by atoms with Crippen LogP contribution in [0.1, 0.15) is 36.4 Å². The number of piperidine rings is 1. The monoisotopic (exact) mass is 246 g/mol. The smallest absolute Gasteiger partial charge is 0.125 e. The molecular formula is C15H22N2O. The summed E-state index contributed by atoms with van der Waals surface area (Å²) >= 11 is 0. The Bertz CT molecular complexity index is 460. The molecule has 2 N–H and O–H groups in total. The van der Waals surface area contributed by atoms with Gasteiger partial charge in [-0.05, 0) is 39.4 Å². The summed E-state index contributed by atoms with van der Waals surface area (Å²) in [5.41, 5.74) is 8.74. The predicted octanol–water partition coefficient (Wildman–Crippen LogP) is 2.24. The Morgan fingerprint density at radius 3 is 3.06 bits per heavy atom. The van der Waals surface area contributed by atoms with E-state index in [0.717, 1.165) is 25.1 Å². The van der Waals surface area contributed by atoms with Crippen LogP contribution >= 0.6 is 0 Å². The van der Waals surface area contributed by atoms with E-state index >= 15 is 0 Å². The number of likely N-dealkylation sites (tertiary alicyclic amines) is 1. The molecule has 18 heavy (non-hydrogen) atoms. The summed E-state index contributed by atoms with van der Waals surface area (Å²) in [6, 6.07) is 6.47. The highest BCUT2D eigenvalue weighted by Gasteiger charge is 2.42. The summed E-state index contributed by atoms with van der Waals surface area (Å²) in [4.78, 5) is 2.36. The van der Waals surface area contributed by atoms with E-state index < -0.39 is 0 Å². The quantitative estimate of drug-likeness (QED) is 0.763. The van der Waals surface area contributed by atoms with Crippen LogP contribution in [-0.4, -0.2) is 30.6 Å². The summed E-state index contributed by atoms with van der Waals surface area (Å²) in [6.45, 7) is 4.26. The summed E-state index contributed by atoms with van der Waals surface area (Å²) < 4.78 is 6.33. The molecule has 98 valence electrons. The Hall–Kier alpha value is -1.06. The van der Waals surface area contributed by atoms with E-state index in [2.05, 4.69) is 37.1 Å². The van der Waals surface area contributed by atoms with E-state index in [4.69, 9.17) is 10.5 Å². The minimum Gasteiger partial charge on any atom is -0.486 e. The first-order chi connectivity index (χ1) is 8.58. The molecule has 0 amide bonds. The van der Waals surface area contributed by atoms with Gasteiger partial charge >= 0.3 is 0 Å². The van der Waals surface area contributed by atoms with Crippen LogP contribution in [0.5, 0.6) is 5.75 Å². The fourth-order valence-electron chi connectivity index (χ4n) is 3.41. The maximum Gasteiger partial charge on any atom is 0.125 e. The third-order valence-electron chi connectivity index (χ3n) is 4.21. The van der Waals surface area contributed by atoms with Gasteiger partial charge in [0, 0.05) is 24.6 Å². The van der Waals surface area contributed by atoms with Crippen LogP contribution in [0.15, 0.2) is 18.2 Å². The average molecular weight is 246 g/mol. The van der Waals surface area contributed by atoms with Crippen LogP contribution < -0.4 is 10.5 Å². The van der Waals surface area contributed by atoms with Crippen molar-refractivity contribution in [2.24, 2.45) is 5.73 Å². The van der Waals surface area contributed by atoms with E-state index in [-0.39, 0.29) is 11.6 Å². The Kier molecular flexibility index (Phi) is 2.83. The second-order valence-corrected chi connectivity index (χ2v) is 5.98. The number of aryl methyl sites for hydroxylation is 1. The standard InChI is InChI=1S/C15H22N2O/c1-11-4-5-14-12(8-11)13(16)9-15(18-14)6-3-7-17(2)10-15/h4-5,8,13H,3,6-7,9-10,16H2,1-2H3/t13-,15?/m1/s1. The lowest BCUT2D eigenvalue weighted by Gasteiger charge is -2.46. The Balaban J connectivity index is 1.93. The Morgan fingerprint density at radius 2 is 2.28 bits per heavy atom. The summed E-state index contributed by atoms with van der Waals surface area (Å²) in [6.07, 6.45) is 3.26. The molecule has 1 fully saturated rings. The number of hydrogen-bond acceptors (Lipinski definition) is 3. The van der Waals surface area contributed by atoms with Gasteiger partial charge in [-0.2, -0.15) is 0 Å². The molecule has 2 heterocycles. The van der Waals surface area contributed by atoms with Gasteiger partial charge in [0.1, 0.15) is 11.4 Å². The van der Waals surface area contributed by atoms with E-state index in [1.807, 2.05) is 0 Å². The zero-order valence-electron chi connectivity index (χ0n) is 11.3. The Labute approximate surface area is 109 Å². The maximum atomic E-state index is 6.37. The molecule has 2 aliphatic heterocycles. The van der Waals surface area contributed by atoms with Gasteiger partial charge < -0.3 is 15.4 Å². The number of ether oxygens (including phenoxy) is 1. The SMILES string of the molecule is Cc1ccc2c(c1)[C@H](N)CC1(CCCN(C)C1)O2. The van der Waals surface area contributed by atoms with Gasteiger partial charge in [0.15, 0.2) is 0 Å². The molecule has 0 saturated carbocycles. The molecule has 3 rings (SSSR count). The molecule has 0 bridgehead atoms. The summed E-state index contributed by atoms with van der Waals surface area (Å²) in [5.74, 6) is 0.995. The highest BCUT2D eigenvalue weighted by atomic mass is 16.5. The van der Waals surface area contributed by atoms with Crippen LogP contribution in [0.25, 0.3) is 0 Å². The molecule has 3 heteroatoms.